The number of benzene rings is 2. The van der Waals surface area contributed by atoms with Crippen molar-refractivity contribution in [3.05, 3.63) is 58.6 Å². The largest absolute Gasteiger partial charge is 0.416 e. The number of nitriles is 1. The molecule has 0 atom stereocenters. The van der Waals surface area contributed by atoms with E-state index in [-0.39, 0.29) is 16.1 Å². The van der Waals surface area contributed by atoms with Crippen LogP contribution in [0.5, 0.6) is 0 Å². The lowest BCUT2D eigenvalue weighted by Gasteiger charge is -2.11. The molecule has 1 nitrogen and oxygen atoms in total. The van der Waals surface area contributed by atoms with Gasteiger partial charge in [-0.3, -0.25) is 0 Å². The van der Waals surface area contributed by atoms with Gasteiger partial charge >= 0.3 is 6.18 Å². The maximum atomic E-state index is 12.7. The fourth-order valence-corrected chi connectivity index (χ4v) is 2.05. The molecule has 0 N–H and O–H groups in total. The van der Waals surface area contributed by atoms with Crippen molar-refractivity contribution in [1.82, 2.24) is 0 Å². The maximum absolute atomic E-state index is 12.7. The number of alkyl halides is 3. The van der Waals surface area contributed by atoms with E-state index < -0.39 is 11.7 Å². The van der Waals surface area contributed by atoms with Crippen molar-refractivity contribution >= 4 is 11.6 Å². The lowest BCUT2D eigenvalue weighted by molar-refractivity contribution is -0.137. The second-order valence-corrected chi connectivity index (χ2v) is 4.26. The Hall–Kier alpha value is -1.99. The first-order valence-corrected chi connectivity index (χ1v) is 5.67. The first-order valence-electron chi connectivity index (χ1n) is 5.29. The topological polar surface area (TPSA) is 23.8 Å². The van der Waals surface area contributed by atoms with E-state index in [1.165, 1.54) is 24.3 Å². The highest BCUT2D eigenvalue weighted by Gasteiger charge is 2.30. The maximum Gasteiger partial charge on any atom is 0.416 e. The molecule has 0 aliphatic rings. The van der Waals surface area contributed by atoms with Crippen LogP contribution in [0.25, 0.3) is 11.1 Å². The Balaban J connectivity index is 2.64. The highest BCUT2D eigenvalue weighted by atomic mass is 35.5. The Kier molecular flexibility index (Phi) is 3.50. The Labute approximate surface area is 112 Å². The van der Waals surface area contributed by atoms with E-state index in [9.17, 15) is 13.2 Å². The second kappa shape index (κ2) is 4.94. The molecule has 0 fully saturated rings. The normalized spacial score (nSPS) is 11.1. The standard InChI is InChI=1S/C14H7ClF3N/c15-12-6-2-4-10(8-19)13(12)9-3-1-5-11(7-9)14(16,17)18/h1-7H. The Morgan fingerprint density at radius 1 is 1.05 bits per heavy atom. The lowest BCUT2D eigenvalue weighted by Crippen LogP contribution is -2.04. The number of hydrogen-bond acceptors (Lipinski definition) is 1. The molecule has 19 heavy (non-hydrogen) atoms. The third kappa shape index (κ3) is 2.72. The first kappa shape index (κ1) is 13.4. The molecule has 0 amide bonds. The van der Waals surface area contributed by atoms with Gasteiger partial charge in [-0.2, -0.15) is 18.4 Å². The minimum Gasteiger partial charge on any atom is -0.192 e. The molecule has 96 valence electrons. The van der Waals surface area contributed by atoms with Gasteiger partial charge in [0.25, 0.3) is 0 Å². The summed E-state index contributed by atoms with van der Waals surface area (Å²) in [7, 11) is 0. The van der Waals surface area contributed by atoms with Gasteiger partial charge in [-0.05, 0) is 29.8 Å². The molecule has 0 heterocycles. The third-order valence-electron chi connectivity index (χ3n) is 2.61. The van der Waals surface area contributed by atoms with Gasteiger partial charge in [-0.15, -0.1) is 0 Å². The Morgan fingerprint density at radius 3 is 2.37 bits per heavy atom. The molecule has 0 unspecified atom stereocenters. The molecule has 0 aromatic heterocycles. The molecule has 0 saturated heterocycles. The first-order chi connectivity index (χ1) is 8.93. The monoisotopic (exact) mass is 281 g/mol. The zero-order valence-corrected chi connectivity index (χ0v) is 10.3. The van der Waals surface area contributed by atoms with Crippen molar-refractivity contribution in [3.63, 3.8) is 0 Å². The predicted molar refractivity (Wildman–Crippen MR) is 66.6 cm³/mol. The summed E-state index contributed by atoms with van der Waals surface area (Å²) in [6.45, 7) is 0. The molecule has 2 rings (SSSR count). The summed E-state index contributed by atoms with van der Waals surface area (Å²) in [5.41, 5.74) is 0.0652. The van der Waals surface area contributed by atoms with Gasteiger partial charge in [-0.1, -0.05) is 29.8 Å². The predicted octanol–water partition coefficient (Wildman–Crippen LogP) is 4.90. The molecule has 2 aromatic rings. The molecule has 0 aliphatic heterocycles. The lowest BCUT2D eigenvalue weighted by atomic mass is 9.98. The highest BCUT2D eigenvalue weighted by Crippen LogP contribution is 2.35. The molecular formula is C14H7ClF3N. The summed E-state index contributed by atoms with van der Waals surface area (Å²) >= 11 is 5.98. The summed E-state index contributed by atoms with van der Waals surface area (Å²) in [6.07, 6.45) is -4.43. The third-order valence-corrected chi connectivity index (χ3v) is 2.93. The molecule has 0 saturated carbocycles. The van der Waals surface area contributed by atoms with Crippen LogP contribution in [0.2, 0.25) is 5.02 Å². The fourth-order valence-electron chi connectivity index (χ4n) is 1.76. The van der Waals surface area contributed by atoms with E-state index in [4.69, 9.17) is 16.9 Å². The second-order valence-electron chi connectivity index (χ2n) is 3.85. The molecule has 0 aliphatic carbocycles. The van der Waals surface area contributed by atoms with Crippen LogP contribution in [0, 0.1) is 11.3 Å². The van der Waals surface area contributed by atoms with Gasteiger partial charge in [0.1, 0.15) is 0 Å². The van der Waals surface area contributed by atoms with E-state index in [1.54, 1.807) is 6.07 Å². The van der Waals surface area contributed by atoms with Crippen LogP contribution >= 0.6 is 11.6 Å². The van der Waals surface area contributed by atoms with E-state index in [0.29, 0.717) is 5.56 Å². The summed E-state index contributed by atoms with van der Waals surface area (Å²) < 4.78 is 38.0. The van der Waals surface area contributed by atoms with Crippen molar-refractivity contribution in [3.8, 4) is 17.2 Å². The van der Waals surface area contributed by atoms with Crippen molar-refractivity contribution in [1.29, 1.82) is 5.26 Å². The van der Waals surface area contributed by atoms with Gasteiger partial charge in [0.2, 0.25) is 0 Å². The zero-order valence-electron chi connectivity index (χ0n) is 9.50. The van der Waals surface area contributed by atoms with Crippen molar-refractivity contribution < 1.29 is 13.2 Å². The van der Waals surface area contributed by atoms with E-state index in [1.807, 2.05) is 6.07 Å². The number of nitrogens with zero attached hydrogens (tertiary/aromatic N) is 1. The molecule has 0 spiro atoms. The summed E-state index contributed by atoms with van der Waals surface area (Å²) in [4.78, 5) is 0. The fraction of sp³-hybridized carbons (Fsp3) is 0.0714. The number of halogens is 4. The van der Waals surface area contributed by atoms with Gasteiger partial charge in [0.15, 0.2) is 0 Å². The summed E-state index contributed by atoms with van der Waals surface area (Å²) in [5.74, 6) is 0. The molecule has 2 aromatic carbocycles. The Bertz CT molecular complexity index is 656. The van der Waals surface area contributed by atoms with Gasteiger partial charge in [0, 0.05) is 10.6 Å². The van der Waals surface area contributed by atoms with Crippen LogP contribution in [0.1, 0.15) is 11.1 Å². The smallest absolute Gasteiger partial charge is 0.192 e. The molecular weight excluding hydrogens is 275 g/mol. The number of hydrogen-bond donors (Lipinski definition) is 0. The van der Waals surface area contributed by atoms with Crippen LogP contribution in [0.4, 0.5) is 13.2 Å². The SMILES string of the molecule is N#Cc1cccc(Cl)c1-c1cccc(C(F)(F)F)c1. The molecule has 0 radical (unpaired) electrons. The van der Waals surface area contributed by atoms with Crippen molar-refractivity contribution in [2.45, 2.75) is 6.18 Å². The van der Waals surface area contributed by atoms with E-state index in [2.05, 4.69) is 0 Å². The van der Waals surface area contributed by atoms with Crippen LogP contribution in [0.3, 0.4) is 0 Å². The van der Waals surface area contributed by atoms with Crippen molar-refractivity contribution in [2.75, 3.05) is 0 Å². The zero-order chi connectivity index (χ0) is 14.0. The van der Waals surface area contributed by atoms with Crippen LogP contribution in [0.15, 0.2) is 42.5 Å². The highest BCUT2D eigenvalue weighted by molar-refractivity contribution is 6.33. The molecule has 5 heteroatoms. The average molecular weight is 282 g/mol. The van der Waals surface area contributed by atoms with Gasteiger partial charge in [0.05, 0.1) is 17.2 Å². The molecule has 0 bridgehead atoms. The van der Waals surface area contributed by atoms with Crippen LogP contribution in [-0.4, -0.2) is 0 Å². The van der Waals surface area contributed by atoms with Crippen LogP contribution < -0.4 is 0 Å². The summed E-state index contributed by atoms with van der Waals surface area (Å²) in [6, 6.07) is 11.3. The van der Waals surface area contributed by atoms with Crippen molar-refractivity contribution in [2.24, 2.45) is 0 Å². The van der Waals surface area contributed by atoms with Gasteiger partial charge in [-0.25, -0.2) is 0 Å². The van der Waals surface area contributed by atoms with Crippen LogP contribution in [-0.2, 0) is 6.18 Å². The minimum absolute atomic E-state index is 0.242. The quantitative estimate of drug-likeness (QED) is 0.729. The minimum atomic E-state index is -4.43. The van der Waals surface area contributed by atoms with E-state index in [0.717, 1.165) is 12.1 Å². The van der Waals surface area contributed by atoms with Gasteiger partial charge < -0.3 is 0 Å². The Morgan fingerprint density at radius 2 is 1.74 bits per heavy atom. The average Bonchev–Trinajstić information content (AvgIpc) is 2.37. The number of rotatable bonds is 1. The summed E-state index contributed by atoms with van der Waals surface area (Å²) in [5, 5.41) is 9.25. The van der Waals surface area contributed by atoms with E-state index >= 15 is 0 Å².